The maximum absolute atomic E-state index is 5.49. The molecule has 0 aliphatic carbocycles. The van der Waals surface area contributed by atoms with E-state index in [2.05, 4.69) is 58.3 Å². The van der Waals surface area contributed by atoms with Crippen molar-refractivity contribution in [2.45, 2.75) is 18.9 Å². The van der Waals surface area contributed by atoms with Crippen molar-refractivity contribution in [1.29, 1.82) is 0 Å². The van der Waals surface area contributed by atoms with E-state index in [1.165, 1.54) is 12.1 Å². The zero-order valence-corrected chi connectivity index (χ0v) is 13.2. The van der Waals surface area contributed by atoms with Crippen LogP contribution in [0.4, 0.5) is 5.69 Å². The molecule has 22 heavy (non-hydrogen) atoms. The molecule has 1 fully saturated rings. The van der Waals surface area contributed by atoms with Crippen molar-refractivity contribution in [2.75, 3.05) is 38.6 Å². The van der Waals surface area contributed by atoms with Crippen LogP contribution < -0.4 is 10.6 Å². The number of hydrogen-bond acceptors (Lipinski definition) is 6. The van der Waals surface area contributed by atoms with Crippen molar-refractivity contribution < 1.29 is 4.52 Å². The first-order valence-electron chi connectivity index (χ1n) is 7.72. The molecule has 1 aromatic heterocycles. The van der Waals surface area contributed by atoms with E-state index in [4.69, 9.17) is 10.3 Å². The number of hydrogen-bond donors (Lipinski definition) is 1. The second-order valence-electron chi connectivity index (χ2n) is 5.95. The minimum Gasteiger partial charge on any atom is -0.370 e. The molecular formula is C16H23N5O. The molecule has 0 saturated carbocycles. The number of benzene rings is 1. The van der Waals surface area contributed by atoms with Crippen LogP contribution >= 0.6 is 0 Å². The van der Waals surface area contributed by atoms with Crippen molar-refractivity contribution >= 4 is 5.69 Å². The summed E-state index contributed by atoms with van der Waals surface area (Å²) in [5.41, 5.74) is 7.71. The third-order valence-electron chi connectivity index (χ3n) is 4.21. The third-order valence-corrected chi connectivity index (χ3v) is 4.21. The fourth-order valence-electron chi connectivity index (χ4n) is 2.82. The first-order chi connectivity index (χ1) is 10.7. The highest BCUT2D eigenvalue weighted by atomic mass is 16.5. The van der Waals surface area contributed by atoms with Gasteiger partial charge < -0.3 is 20.1 Å². The van der Waals surface area contributed by atoms with Gasteiger partial charge in [0.15, 0.2) is 0 Å². The molecule has 118 valence electrons. The summed E-state index contributed by atoms with van der Waals surface area (Å²) in [6.45, 7) is 2.70. The number of aromatic nitrogens is 2. The van der Waals surface area contributed by atoms with Crippen LogP contribution in [-0.2, 0) is 6.42 Å². The molecule has 2 heterocycles. The topological polar surface area (TPSA) is 71.4 Å². The quantitative estimate of drug-likeness (QED) is 0.899. The molecule has 1 aliphatic heterocycles. The van der Waals surface area contributed by atoms with Gasteiger partial charge >= 0.3 is 0 Å². The third kappa shape index (κ3) is 3.13. The number of nitrogens with two attached hydrogens (primary N) is 1. The van der Waals surface area contributed by atoms with Crippen LogP contribution in [0.15, 0.2) is 28.8 Å². The summed E-state index contributed by atoms with van der Waals surface area (Å²) in [4.78, 5) is 9.07. The molecule has 1 aromatic carbocycles. The maximum atomic E-state index is 5.49. The molecule has 6 nitrogen and oxygen atoms in total. The smallest absolute Gasteiger partial charge is 0.228 e. The van der Waals surface area contributed by atoms with Crippen LogP contribution in [0.2, 0.25) is 0 Å². The van der Waals surface area contributed by atoms with Crippen molar-refractivity contribution in [2.24, 2.45) is 5.73 Å². The fraction of sp³-hybridized carbons (Fsp3) is 0.500. The lowest BCUT2D eigenvalue weighted by molar-refractivity contribution is 0.315. The van der Waals surface area contributed by atoms with Crippen LogP contribution in [0.5, 0.6) is 0 Å². The molecule has 3 rings (SSSR count). The SMILES string of the molecule is CN(C)C1CCN(c2ccc(-c3noc(CCN)n3)cc2)C1. The molecule has 1 atom stereocenters. The molecule has 2 N–H and O–H groups in total. The van der Waals surface area contributed by atoms with Crippen molar-refractivity contribution in [1.82, 2.24) is 15.0 Å². The average molecular weight is 301 g/mol. The molecule has 2 aromatic rings. The Morgan fingerprint density at radius 1 is 1.32 bits per heavy atom. The van der Waals surface area contributed by atoms with Gasteiger partial charge in [-0.15, -0.1) is 0 Å². The second kappa shape index (κ2) is 6.46. The Balaban J connectivity index is 1.70. The van der Waals surface area contributed by atoms with Gasteiger partial charge in [0.05, 0.1) is 0 Å². The van der Waals surface area contributed by atoms with Crippen LogP contribution in [0.1, 0.15) is 12.3 Å². The molecule has 6 heteroatoms. The van der Waals surface area contributed by atoms with Gasteiger partial charge in [-0.05, 0) is 44.8 Å². The second-order valence-corrected chi connectivity index (χ2v) is 5.95. The van der Waals surface area contributed by atoms with Gasteiger partial charge in [0.1, 0.15) is 0 Å². The lowest BCUT2D eigenvalue weighted by Crippen LogP contribution is -2.31. The first-order valence-corrected chi connectivity index (χ1v) is 7.72. The molecule has 0 amide bonds. The normalized spacial score (nSPS) is 18.4. The standard InChI is InChI=1S/C16H23N5O/c1-20(2)14-8-10-21(11-14)13-5-3-12(4-6-13)16-18-15(7-9-17)22-19-16/h3-6,14H,7-11,17H2,1-2H3. The monoisotopic (exact) mass is 301 g/mol. The van der Waals surface area contributed by atoms with E-state index in [-0.39, 0.29) is 0 Å². The van der Waals surface area contributed by atoms with E-state index in [0.717, 1.165) is 18.7 Å². The maximum Gasteiger partial charge on any atom is 0.228 e. The average Bonchev–Trinajstić information content (AvgIpc) is 3.17. The van der Waals surface area contributed by atoms with Crippen molar-refractivity contribution in [3.63, 3.8) is 0 Å². The van der Waals surface area contributed by atoms with E-state index < -0.39 is 0 Å². The van der Waals surface area contributed by atoms with Gasteiger partial charge in [-0.2, -0.15) is 4.98 Å². The Bertz CT molecular complexity index is 607. The summed E-state index contributed by atoms with van der Waals surface area (Å²) in [6, 6.07) is 9.00. The summed E-state index contributed by atoms with van der Waals surface area (Å²) in [7, 11) is 4.29. The van der Waals surface area contributed by atoms with Crippen LogP contribution in [0.3, 0.4) is 0 Å². The minimum atomic E-state index is 0.516. The largest absolute Gasteiger partial charge is 0.370 e. The van der Waals surface area contributed by atoms with Crippen LogP contribution in [0, 0.1) is 0 Å². The van der Waals surface area contributed by atoms with E-state index in [1.54, 1.807) is 0 Å². The zero-order chi connectivity index (χ0) is 15.5. The molecule has 0 radical (unpaired) electrons. The van der Waals surface area contributed by atoms with Gasteiger partial charge in [0, 0.05) is 43.3 Å². The zero-order valence-electron chi connectivity index (χ0n) is 13.2. The first kappa shape index (κ1) is 15.0. The highest BCUT2D eigenvalue weighted by molar-refractivity contribution is 5.60. The van der Waals surface area contributed by atoms with Gasteiger partial charge in [-0.3, -0.25) is 0 Å². The summed E-state index contributed by atoms with van der Waals surface area (Å²) in [5.74, 6) is 1.22. The molecular weight excluding hydrogens is 278 g/mol. The molecule has 0 spiro atoms. The van der Waals surface area contributed by atoms with Gasteiger partial charge in [0.25, 0.3) is 0 Å². The summed E-state index contributed by atoms with van der Waals surface area (Å²) in [6.07, 6.45) is 1.83. The van der Waals surface area contributed by atoms with E-state index in [1.807, 2.05) is 0 Å². The van der Waals surface area contributed by atoms with Crippen LogP contribution in [0.25, 0.3) is 11.4 Å². The fourth-order valence-corrected chi connectivity index (χ4v) is 2.82. The highest BCUT2D eigenvalue weighted by Gasteiger charge is 2.24. The Hall–Kier alpha value is -1.92. The lowest BCUT2D eigenvalue weighted by Gasteiger charge is -2.21. The summed E-state index contributed by atoms with van der Waals surface area (Å²) >= 11 is 0. The van der Waals surface area contributed by atoms with E-state index in [9.17, 15) is 0 Å². The van der Waals surface area contributed by atoms with Crippen molar-refractivity contribution in [3.8, 4) is 11.4 Å². The Labute approximate surface area is 130 Å². The molecule has 1 saturated heterocycles. The van der Waals surface area contributed by atoms with E-state index >= 15 is 0 Å². The molecule has 0 bridgehead atoms. The predicted octanol–water partition coefficient (Wildman–Crippen LogP) is 1.38. The van der Waals surface area contributed by atoms with Gasteiger partial charge in [0.2, 0.25) is 11.7 Å². The van der Waals surface area contributed by atoms with Gasteiger partial charge in [-0.1, -0.05) is 5.16 Å². The molecule has 1 aliphatic rings. The highest BCUT2D eigenvalue weighted by Crippen LogP contribution is 2.25. The number of nitrogens with zero attached hydrogens (tertiary/aromatic N) is 4. The number of rotatable bonds is 5. The Kier molecular flexibility index (Phi) is 4.40. The molecule has 1 unspecified atom stereocenters. The minimum absolute atomic E-state index is 0.516. The van der Waals surface area contributed by atoms with E-state index in [0.29, 0.717) is 30.7 Å². The Morgan fingerprint density at radius 2 is 2.09 bits per heavy atom. The summed E-state index contributed by atoms with van der Waals surface area (Å²) < 4.78 is 5.17. The van der Waals surface area contributed by atoms with Crippen molar-refractivity contribution in [3.05, 3.63) is 30.2 Å². The Morgan fingerprint density at radius 3 is 2.73 bits per heavy atom. The van der Waals surface area contributed by atoms with Crippen LogP contribution in [-0.4, -0.2) is 54.8 Å². The summed E-state index contributed by atoms with van der Waals surface area (Å²) in [5, 5.41) is 4.01. The lowest BCUT2D eigenvalue weighted by atomic mass is 10.2. The predicted molar refractivity (Wildman–Crippen MR) is 86.8 cm³/mol. The number of likely N-dealkylation sites (N-methyl/N-ethyl adjacent to an activating group) is 1. The number of anilines is 1. The van der Waals surface area contributed by atoms with Gasteiger partial charge in [-0.25, -0.2) is 0 Å².